The molecule has 152 valence electrons. The molecular weight excluding hydrogens is 396 g/mol. The number of ether oxygens (including phenoxy) is 1. The highest BCUT2D eigenvalue weighted by atomic mass is 32.2. The first-order chi connectivity index (χ1) is 13.3. The van der Waals surface area contributed by atoms with E-state index in [1.807, 2.05) is 39.0 Å². The van der Waals surface area contributed by atoms with Crippen LogP contribution in [-0.2, 0) is 14.8 Å². The summed E-state index contributed by atoms with van der Waals surface area (Å²) < 4.78 is 32.7. The minimum Gasteiger partial charge on any atom is -0.491 e. The van der Waals surface area contributed by atoms with Crippen LogP contribution >= 0.6 is 11.3 Å². The standard InChI is InChI=1S/C20H26N2O4S2/c1-14(2)26-17-6-7-18(15(3)13-17)21-20(23)16-8-10-22(11-9-16)28(24,25)19-5-4-12-27-19/h4-7,12-14,16H,8-11H2,1-3H3,(H,21,23). The van der Waals surface area contributed by atoms with Crippen molar-refractivity contribution < 1.29 is 17.9 Å². The maximum Gasteiger partial charge on any atom is 0.252 e. The van der Waals surface area contributed by atoms with E-state index in [1.54, 1.807) is 17.5 Å². The Kier molecular flexibility index (Phi) is 6.42. The first kappa shape index (κ1) is 20.8. The molecule has 1 aromatic carbocycles. The third-order valence-electron chi connectivity index (χ3n) is 4.74. The van der Waals surface area contributed by atoms with Gasteiger partial charge in [-0.25, -0.2) is 8.42 Å². The molecule has 1 aliphatic heterocycles. The molecular formula is C20H26N2O4S2. The molecule has 1 fully saturated rings. The van der Waals surface area contributed by atoms with E-state index >= 15 is 0 Å². The SMILES string of the molecule is Cc1cc(OC(C)C)ccc1NC(=O)C1CCN(S(=O)(=O)c2cccs2)CC1. The van der Waals surface area contributed by atoms with Crippen molar-refractivity contribution in [3.05, 3.63) is 41.3 Å². The molecule has 0 radical (unpaired) electrons. The number of hydrogen-bond acceptors (Lipinski definition) is 5. The van der Waals surface area contributed by atoms with Crippen molar-refractivity contribution in [3.8, 4) is 5.75 Å². The number of aryl methyl sites for hydroxylation is 1. The number of thiophene rings is 1. The van der Waals surface area contributed by atoms with Crippen LogP contribution in [-0.4, -0.2) is 37.8 Å². The van der Waals surface area contributed by atoms with Crippen molar-refractivity contribution >= 4 is 33.0 Å². The van der Waals surface area contributed by atoms with Crippen LogP contribution in [0.15, 0.2) is 39.9 Å². The summed E-state index contributed by atoms with van der Waals surface area (Å²) in [5, 5.41) is 4.74. The number of carbonyl (C=O) groups excluding carboxylic acids is 1. The van der Waals surface area contributed by atoms with Crippen LogP contribution in [0.2, 0.25) is 0 Å². The number of anilines is 1. The van der Waals surface area contributed by atoms with Gasteiger partial charge >= 0.3 is 0 Å². The zero-order chi connectivity index (χ0) is 20.3. The molecule has 0 saturated carbocycles. The maximum absolute atomic E-state index is 12.7. The Morgan fingerprint density at radius 2 is 1.96 bits per heavy atom. The fourth-order valence-electron chi connectivity index (χ4n) is 3.25. The molecule has 8 heteroatoms. The second kappa shape index (κ2) is 8.63. The van der Waals surface area contributed by atoms with Crippen molar-refractivity contribution in [2.75, 3.05) is 18.4 Å². The van der Waals surface area contributed by atoms with Crippen LogP contribution in [0.25, 0.3) is 0 Å². The topological polar surface area (TPSA) is 75.7 Å². The molecule has 1 aliphatic rings. The lowest BCUT2D eigenvalue weighted by Gasteiger charge is -2.30. The number of nitrogens with one attached hydrogen (secondary N) is 1. The van der Waals surface area contributed by atoms with E-state index in [0.29, 0.717) is 30.1 Å². The minimum atomic E-state index is -3.44. The van der Waals surface area contributed by atoms with E-state index in [2.05, 4.69) is 5.32 Å². The summed E-state index contributed by atoms with van der Waals surface area (Å²) >= 11 is 1.22. The molecule has 1 saturated heterocycles. The van der Waals surface area contributed by atoms with E-state index in [1.165, 1.54) is 15.6 Å². The first-order valence-electron chi connectivity index (χ1n) is 9.39. The number of piperidine rings is 1. The van der Waals surface area contributed by atoms with E-state index in [9.17, 15) is 13.2 Å². The predicted molar refractivity (Wildman–Crippen MR) is 111 cm³/mol. The molecule has 0 aliphatic carbocycles. The van der Waals surface area contributed by atoms with Gasteiger partial charge in [0.2, 0.25) is 5.91 Å². The lowest BCUT2D eigenvalue weighted by Crippen LogP contribution is -2.41. The third-order valence-corrected chi connectivity index (χ3v) is 8.01. The molecule has 2 aromatic rings. The number of rotatable bonds is 6. The Bertz CT molecular complexity index is 916. The monoisotopic (exact) mass is 422 g/mol. The lowest BCUT2D eigenvalue weighted by atomic mass is 9.97. The molecule has 0 atom stereocenters. The van der Waals surface area contributed by atoms with Crippen LogP contribution < -0.4 is 10.1 Å². The summed E-state index contributed by atoms with van der Waals surface area (Å²) in [5.41, 5.74) is 1.69. The van der Waals surface area contributed by atoms with Gasteiger partial charge in [-0.05, 0) is 68.8 Å². The van der Waals surface area contributed by atoms with Crippen molar-refractivity contribution in [1.29, 1.82) is 0 Å². The van der Waals surface area contributed by atoms with Crippen LogP contribution in [0, 0.1) is 12.8 Å². The maximum atomic E-state index is 12.7. The van der Waals surface area contributed by atoms with Gasteiger partial charge in [-0.2, -0.15) is 4.31 Å². The molecule has 3 rings (SSSR count). The largest absolute Gasteiger partial charge is 0.491 e. The summed E-state index contributed by atoms with van der Waals surface area (Å²) in [6.07, 6.45) is 1.13. The highest BCUT2D eigenvalue weighted by Gasteiger charge is 2.32. The minimum absolute atomic E-state index is 0.0613. The second-order valence-corrected chi connectivity index (χ2v) is 10.4. The summed E-state index contributed by atoms with van der Waals surface area (Å²) in [6, 6.07) is 8.96. The molecule has 28 heavy (non-hydrogen) atoms. The van der Waals surface area contributed by atoms with Crippen molar-refractivity contribution in [2.45, 2.75) is 43.9 Å². The first-order valence-corrected chi connectivity index (χ1v) is 11.7. The number of carbonyl (C=O) groups is 1. The highest BCUT2D eigenvalue weighted by Crippen LogP contribution is 2.28. The summed E-state index contributed by atoms with van der Waals surface area (Å²) in [6.45, 7) is 6.59. The number of nitrogens with zero attached hydrogens (tertiary/aromatic N) is 1. The van der Waals surface area contributed by atoms with Crippen LogP contribution in [0.3, 0.4) is 0 Å². The Labute approximate surface area is 170 Å². The van der Waals surface area contributed by atoms with Crippen LogP contribution in [0.4, 0.5) is 5.69 Å². The Hall–Kier alpha value is -1.90. The molecule has 1 N–H and O–H groups in total. The van der Waals surface area contributed by atoms with Crippen LogP contribution in [0.5, 0.6) is 5.75 Å². The van der Waals surface area contributed by atoms with Crippen molar-refractivity contribution in [2.24, 2.45) is 5.92 Å². The van der Waals surface area contributed by atoms with Gasteiger partial charge in [-0.1, -0.05) is 6.07 Å². The van der Waals surface area contributed by atoms with Gasteiger partial charge in [-0.15, -0.1) is 11.3 Å². The summed E-state index contributed by atoms with van der Waals surface area (Å²) in [4.78, 5) is 12.7. The molecule has 6 nitrogen and oxygen atoms in total. The average Bonchev–Trinajstić information content (AvgIpc) is 3.19. The Morgan fingerprint density at radius 1 is 1.25 bits per heavy atom. The van der Waals surface area contributed by atoms with E-state index < -0.39 is 10.0 Å². The number of sulfonamides is 1. The van der Waals surface area contributed by atoms with Gasteiger partial charge in [0.05, 0.1) is 6.10 Å². The van der Waals surface area contributed by atoms with E-state index in [0.717, 1.165) is 17.0 Å². The van der Waals surface area contributed by atoms with Gasteiger partial charge in [0.25, 0.3) is 10.0 Å². The molecule has 0 bridgehead atoms. The fraction of sp³-hybridized carbons (Fsp3) is 0.450. The molecule has 1 amide bonds. The van der Waals surface area contributed by atoms with Crippen LogP contribution in [0.1, 0.15) is 32.3 Å². The quantitative estimate of drug-likeness (QED) is 0.766. The zero-order valence-electron chi connectivity index (χ0n) is 16.3. The Morgan fingerprint density at radius 3 is 2.54 bits per heavy atom. The number of hydrogen-bond donors (Lipinski definition) is 1. The van der Waals surface area contributed by atoms with Gasteiger partial charge < -0.3 is 10.1 Å². The fourth-order valence-corrected chi connectivity index (χ4v) is 5.87. The molecule has 0 spiro atoms. The van der Waals surface area contributed by atoms with Crippen molar-refractivity contribution in [1.82, 2.24) is 4.31 Å². The molecule has 0 unspecified atom stereocenters. The Balaban J connectivity index is 1.58. The van der Waals surface area contributed by atoms with E-state index in [4.69, 9.17) is 4.74 Å². The molecule has 2 heterocycles. The summed E-state index contributed by atoms with van der Waals surface area (Å²) in [7, 11) is -3.44. The number of amides is 1. The summed E-state index contributed by atoms with van der Waals surface area (Å²) in [5.74, 6) is 0.521. The lowest BCUT2D eigenvalue weighted by molar-refractivity contribution is -0.120. The third kappa shape index (κ3) is 4.74. The molecule has 1 aromatic heterocycles. The van der Waals surface area contributed by atoms with Gasteiger partial charge in [-0.3, -0.25) is 4.79 Å². The predicted octanol–water partition coefficient (Wildman–Crippen LogP) is 3.88. The average molecular weight is 423 g/mol. The van der Waals surface area contributed by atoms with Gasteiger partial charge in [0.15, 0.2) is 0 Å². The van der Waals surface area contributed by atoms with Crippen molar-refractivity contribution in [3.63, 3.8) is 0 Å². The van der Waals surface area contributed by atoms with Gasteiger partial charge in [0, 0.05) is 24.7 Å². The normalized spacial score (nSPS) is 16.3. The highest BCUT2D eigenvalue weighted by molar-refractivity contribution is 7.91. The smallest absolute Gasteiger partial charge is 0.252 e. The zero-order valence-corrected chi connectivity index (χ0v) is 18.0. The second-order valence-electron chi connectivity index (χ2n) is 7.24. The van der Waals surface area contributed by atoms with E-state index in [-0.39, 0.29) is 17.9 Å². The van der Waals surface area contributed by atoms with Gasteiger partial charge in [0.1, 0.15) is 9.96 Å². The number of benzene rings is 1.